The van der Waals surface area contributed by atoms with E-state index in [0.29, 0.717) is 11.4 Å². The molecule has 1 N–H and O–H groups in total. The Labute approximate surface area is 90.2 Å². The van der Waals surface area contributed by atoms with E-state index in [1.165, 1.54) is 13.1 Å². The smallest absolute Gasteiger partial charge is 0.222 e. The van der Waals surface area contributed by atoms with Gasteiger partial charge in [0.25, 0.3) is 0 Å². The van der Waals surface area contributed by atoms with Crippen molar-refractivity contribution in [3.63, 3.8) is 0 Å². The molecule has 0 bridgehead atoms. The van der Waals surface area contributed by atoms with Gasteiger partial charge in [-0.3, -0.25) is 9.59 Å². The molecule has 1 amide bonds. The van der Waals surface area contributed by atoms with Crippen molar-refractivity contribution in [2.75, 3.05) is 5.32 Å². The summed E-state index contributed by atoms with van der Waals surface area (Å²) in [6.07, 6.45) is 1.51. The lowest BCUT2D eigenvalue weighted by atomic mass is 10.0. The van der Waals surface area contributed by atoms with Crippen molar-refractivity contribution in [2.45, 2.75) is 20.8 Å². The monoisotopic (exact) mass is 208 g/mol. The molecule has 0 radical (unpaired) electrons. The van der Waals surface area contributed by atoms with Crippen LogP contribution in [0, 0.1) is 5.92 Å². The van der Waals surface area contributed by atoms with Crippen LogP contribution in [-0.2, 0) is 4.79 Å². The van der Waals surface area contributed by atoms with Crippen LogP contribution in [0.4, 0.5) is 5.82 Å². The van der Waals surface area contributed by atoms with Crippen LogP contribution in [0.25, 0.3) is 0 Å². The minimum Gasteiger partial charge on any atom is -0.311 e. The first-order valence-corrected chi connectivity index (χ1v) is 4.78. The highest BCUT2D eigenvalue weighted by atomic mass is 16.1. The lowest BCUT2D eigenvalue weighted by molar-refractivity contribution is -0.114. The Balaban J connectivity index is 0.00000225. The van der Waals surface area contributed by atoms with Crippen molar-refractivity contribution < 1.29 is 11.0 Å². The first kappa shape index (κ1) is 11.4. The van der Waals surface area contributed by atoms with E-state index in [-0.39, 0.29) is 19.0 Å². The number of ketones is 1. The van der Waals surface area contributed by atoms with Gasteiger partial charge < -0.3 is 5.32 Å². The van der Waals surface area contributed by atoms with Gasteiger partial charge >= 0.3 is 0 Å². The largest absolute Gasteiger partial charge is 0.311 e. The number of Topliss-reactive ketones (excluding diaryl/α,β-unsaturated/α-hetero) is 1. The van der Waals surface area contributed by atoms with Gasteiger partial charge in [-0.15, -0.1) is 0 Å². The topological polar surface area (TPSA) is 59.1 Å². The highest BCUT2D eigenvalue weighted by Gasteiger charge is 2.11. The average Bonchev–Trinajstić information content (AvgIpc) is 2.16. The van der Waals surface area contributed by atoms with Crippen LogP contribution >= 0.6 is 0 Å². The summed E-state index contributed by atoms with van der Waals surface area (Å²) in [4.78, 5) is 26.4. The fraction of sp³-hybridized carbons (Fsp3) is 0.364. The molecule has 1 rings (SSSR count). The van der Waals surface area contributed by atoms with Crippen LogP contribution in [0.3, 0.4) is 0 Å². The molecular weight excluding hydrogens is 192 g/mol. The molecule has 4 nitrogen and oxygen atoms in total. The molecule has 0 atom stereocenters. The van der Waals surface area contributed by atoms with Gasteiger partial charge in [0, 0.05) is 26.0 Å². The molecule has 0 fully saturated rings. The predicted octanol–water partition coefficient (Wildman–Crippen LogP) is 2.12. The summed E-state index contributed by atoms with van der Waals surface area (Å²) in [5, 5.41) is 2.54. The van der Waals surface area contributed by atoms with Gasteiger partial charge in [0.15, 0.2) is 5.78 Å². The van der Waals surface area contributed by atoms with Gasteiger partial charge in [-0.1, -0.05) is 13.8 Å². The number of carbonyl (C=O) groups is 2. The summed E-state index contributed by atoms with van der Waals surface area (Å²) in [6, 6.07) is 3.23. The normalized spacial score (nSPS) is 10.1. The van der Waals surface area contributed by atoms with Gasteiger partial charge in [-0.2, -0.15) is 0 Å². The minimum absolute atomic E-state index is 0. The van der Waals surface area contributed by atoms with E-state index >= 15 is 0 Å². The number of nitrogens with zero attached hydrogens (tertiary/aromatic N) is 1. The fourth-order valence-electron chi connectivity index (χ4n) is 1.17. The van der Waals surface area contributed by atoms with Crippen molar-refractivity contribution >= 4 is 17.5 Å². The van der Waals surface area contributed by atoms with E-state index in [1.54, 1.807) is 12.1 Å². The molecule has 0 saturated heterocycles. The zero-order valence-electron chi connectivity index (χ0n) is 9.07. The second-order valence-electron chi connectivity index (χ2n) is 3.63. The number of nitrogens with one attached hydrogen (secondary N) is 1. The van der Waals surface area contributed by atoms with Crippen molar-refractivity contribution in [1.29, 1.82) is 0 Å². The molecule has 0 saturated carbocycles. The van der Waals surface area contributed by atoms with E-state index in [9.17, 15) is 9.59 Å². The third kappa shape index (κ3) is 3.16. The summed E-state index contributed by atoms with van der Waals surface area (Å²) in [6.45, 7) is 5.07. The van der Waals surface area contributed by atoms with E-state index in [4.69, 9.17) is 0 Å². The molecular formula is C11H16N2O2. The van der Waals surface area contributed by atoms with Gasteiger partial charge in [-0.25, -0.2) is 4.98 Å². The van der Waals surface area contributed by atoms with Crippen LogP contribution in [0.5, 0.6) is 0 Å². The Bertz CT molecular complexity index is 391. The molecule has 82 valence electrons. The maximum Gasteiger partial charge on any atom is 0.222 e. The van der Waals surface area contributed by atoms with E-state index in [2.05, 4.69) is 10.3 Å². The second-order valence-corrected chi connectivity index (χ2v) is 3.63. The lowest BCUT2D eigenvalue weighted by Crippen LogP contribution is -2.11. The maximum absolute atomic E-state index is 11.6. The Hall–Kier alpha value is -1.71. The van der Waals surface area contributed by atoms with E-state index in [1.807, 2.05) is 13.8 Å². The fourth-order valence-corrected chi connectivity index (χ4v) is 1.17. The Kier molecular flexibility index (Phi) is 3.55. The predicted molar refractivity (Wildman–Crippen MR) is 59.8 cm³/mol. The highest BCUT2D eigenvalue weighted by molar-refractivity contribution is 5.98. The summed E-state index contributed by atoms with van der Waals surface area (Å²) >= 11 is 0. The number of pyridine rings is 1. The van der Waals surface area contributed by atoms with Crippen molar-refractivity contribution in [3.05, 3.63) is 23.9 Å². The zero-order valence-corrected chi connectivity index (χ0v) is 9.07. The number of aromatic nitrogens is 1. The Morgan fingerprint density at radius 3 is 2.67 bits per heavy atom. The molecule has 4 heteroatoms. The third-order valence-electron chi connectivity index (χ3n) is 1.87. The molecule has 0 aliphatic rings. The van der Waals surface area contributed by atoms with Crippen molar-refractivity contribution in [3.8, 4) is 0 Å². The number of anilines is 1. The standard InChI is InChI=1S/C11H14N2O2.H2/c1-7(2)11(15)9-4-5-12-10(6-9)13-8(3)14;/h4-7H,1-3H3,(H,12,13,14);1H. The molecule has 0 spiro atoms. The minimum atomic E-state index is -0.198. The third-order valence-corrected chi connectivity index (χ3v) is 1.87. The molecule has 0 unspecified atom stereocenters. The number of amides is 1. The lowest BCUT2D eigenvalue weighted by Gasteiger charge is -2.06. The van der Waals surface area contributed by atoms with Crippen molar-refractivity contribution in [1.82, 2.24) is 4.98 Å². The molecule has 0 aliphatic heterocycles. The molecule has 0 aromatic carbocycles. The van der Waals surface area contributed by atoms with Crippen LogP contribution in [0.15, 0.2) is 18.3 Å². The average molecular weight is 208 g/mol. The Morgan fingerprint density at radius 2 is 2.13 bits per heavy atom. The summed E-state index contributed by atoms with van der Waals surface area (Å²) in [7, 11) is 0. The maximum atomic E-state index is 11.6. The Morgan fingerprint density at radius 1 is 1.47 bits per heavy atom. The molecule has 15 heavy (non-hydrogen) atoms. The highest BCUT2D eigenvalue weighted by Crippen LogP contribution is 2.11. The zero-order chi connectivity index (χ0) is 11.4. The van der Waals surface area contributed by atoms with E-state index in [0.717, 1.165) is 0 Å². The quantitative estimate of drug-likeness (QED) is 0.774. The summed E-state index contributed by atoms with van der Waals surface area (Å²) in [5.74, 6) is 0.201. The number of hydrogen-bond acceptors (Lipinski definition) is 3. The van der Waals surface area contributed by atoms with Crippen LogP contribution in [0.2, 0.25) is 0 Å². The van der Waals surface area contributed by atoms with Crippen LogP contribution in [0.1, 0.15) is 32.6 Å². The van der Waals surface area contributed by atoms with Gasteiger partial charge in [-0.05, 0) is 12.1 Å². The second kappa shape index (κ2) is 4.68. The first-order chi connectivity index (χ1) is 7.00. The van der Waals surface area contributed by atoms with Crippen LogP contribution < -0.4 is 5.32 Å². The number of hydrogen-bond donors (Lipinski definition) is 1. The summed E-state index contributed by atoms with van der Waals surface area (Å²) < 4.78 is 0. The van der Waals surface area contributed by atoms with Crippen molar-refractivity contribution in [2.24, 2.45) is 5.92 Å². The number of rotatable bonds is 3. The van der Waals surface area contributed by atoms with E-state index < -0.39 is 0 Å². The first-order valence-electron chi connectivity index (χ1n) is 4.78. The molecule has 0 aliphatic carbocycles. The molecule has 1 aromatic rings. The molecule has 1 aromatic heterocycles. The van der Waals surface area contributed by atoms with Gasteiger partial charge in [0.2, 0.25) is 5.91 Å². The van der Waals surface area contributed by atoms with Gasteiger partial charge in [0.1, 0.15) is 5.82 Å². The molecule has 1 heterocycles. The SMILES string of the molecule is CC(=O)Nc1cc(C(=O)C(C)C)ccn1.[HH]. The van der Waals surface area contributed by atoms with Crippen LogP contribution in [-0.4, -0.2) is 16.7 Å². The van der Waals surface area contributed by atoms with Gasteiger partial charge in [0.05, 0.1) is 0 Å². The number of carbonyl (C=O) groups excluding carboxylic acids is 2. The summed E-state index contributed by atoms with van der Waals surface area (Å²) in [5.41, 5.74) is 0.573.